The van der Waals surface area contributed by atoms with Gasteiger partial charge < -0.3 is 35.0 Å². The predicted molar refractivity (Wildman–Crippen MR) is 175 cm³/mol. The third-order valence-electron chi connectivity index (χ3n) is 6.54. The maximum atomic E-state index is 6.63. The Bertz CT molecular complexity index is 1390. The molecule has 0 amide bonds. The van der Waals surface area contributed by atoms with Crippen LogP contribution in [0.15, 0.2) is 30.3 Å². The molecule has 4 aromatic rings. The Labute approximate surface area is 252 Å². The molecule has 9 heteroatoms. The van der Waals surface area contributed by atoms with Gasteiger partial charge in [0, 0.05) is 31.0 Å². The van der Waals surface area contributed by atoms with Gasteiger partial charge >= 0.3 is 0 Å². The normalized spacial score (nSPS) is 13.4. The Morgan fingerprint density at radius 2 is 1.00 bits per heavy atom. The minimum Gasteiger partial charge on any atom is -0.488 e. The van der Waals surface area contributed by atoms with Gasteiger partial charge in [0.25, 0.3) is 0 Å². The van der Waals surface area contributed by atoms with Crippen LogP contribution in [0.4, 0.5) is 10.0 Å². The summed E-state index contributed by atoms with van der Waals surface area (Å²) < 4.78 is 29.7. The number of nitrogens with two attached hydrogens (primary N) is 2. The van der Waals surface area contributed by atoms with Crippen LogP contribution in [0.25, 0.3) is 26.1 Å². The van der Waals surface area contributed by atoms with Crippen LogP contribution >= 0.6 is 22.7 Å². The van der Waals surface area contributed by atoms with E-state index in [1.54, 1.807) is 22.7 Å². The van der Waals surface area contributed by atoms with Crippen molar-refractivity contribution in [2.45, 2.75) is 104 Å². The number of nitrogen functional groups attached to an aromatic ring is 2. The molecule has 0 aliphatic rings. The van der Waals surface area contributed by atoms with Gasteiger partial charge in [-0.3, -0.25) is 0 Å². The van der Waals surface area contributed by atoms with Gasteiger partial charge in [-0.2, -0.15) is 0 Å². The van der Waals surface area contributed by atoms with Crippen LogP contribution in [-0.2, 0) is 9.47 Å². The number of anilines is 2. The molecule has 3 heterocycles. The number of fused-ring (bicyclic) bond motifs is 3. The maximum absolute atomic E-state index is 6.63. The fourth-order valence-corrected chi connectivity index (χ4v) is 6.58. The van der Waals surface area contributed by atoms with Crippen LogP contribution in [0.1, 0.15) is 82.1 Å². The summed E-state index contributed by atoms with van der Waals surface area (Å²) in [7, 11) is 0. The van der Waals surface area contributed by atoms with E-state index in [4.69, 9.17) is 30.4 Å². The highest BCUT2D eigenvalue weighted by atomic mass is 32.1. The molecule has 0 aliphatic carbocycles. The van der Waals surface area contributed by atoms with Crippen molar-refractivity contribution in [1.29, 1.82) is 0 Å². The second kappa shape index (κ2) is 11.3. The highest BCUT2D eigenvalue weighted by Crippen LogP contribution is 2.44. The van der Waals surface area contributed by atoms with Crippen molar-refractivity contribution in [3.8, 4) is 17.2 Å². The predicted octanol–water partition coefficient (Wildman–Crippen LogP) is 8.80. The first-order valence-electron chi connectivity index (χ1n) is 14.2. The standard InChI is InChI=1S/C32H47N3O4S2/c1-29(2,3)36-13-11-31(7,8)38-21-15-20(16-22(17-21)39-32(9,10)12-14-37-30(4,5)6)35-23-18-25(33)40-27(23)28-24(35)19-26(34)41-28/h15-19H,11-14,33-34H2,1-10H3. The summed E-state index contributed by atoms with van der Waals surface area (Å²) in [5.74, 6) is 1.45. The molecule has 0 bridgehead atoms. The smallest absolute Gasteiger partial charge is 0.125 e. The van der Waals surface area contributed by atoms with E-state index in [9.17, 15) is 0 Å². The van der Waals surface area contributed by atoms with E-state index >= 15 is 0 Å². The summed E-state index contributed by atoms with van der Waals surface area (Å²) in [5.41, 5.74) is 14.2. The molecule has 1 aromatic carbocycles. The molecule has 0 fully saturated rings. The van der Waals surface area contributed by atoms with Crippen molar-refractivity contribution in [3.63, 3.8) is 0 Å². The number of hydrogen-bond acceptors (Lipinski definition) is 8. The third kappa shape index (κ3) is 8.31. The molecule has 4 rings (SSSR count). The molecule has 0 radical (unpaired) electrons. The van der Waals surface area contributed by atoms with Crippen molar-refractivity contribution >= 4 is 53.1 Å². The van der Waals surface area contributed by atoms with E-state index in [-0.39, 0.29) is 11.2 Å². The maximum Gasteiger partial charge on any atom is 0.125 e. The van der Waals surface area contributed by atoms with Gasteiger partial charge in [0.1, 0.15) is 22.7 Å². The molecule has 226 valence electrons. The summed E-state index contributed by atoms with van der Waals surface area (Å²) in [6, 6.07) is 10.2. The zero-order chi connectivity index (χ0) is 30.4. The van der Waals surface area contributed by atoms with Gasteiger partial charge in [-0.1, -0.05) is 0 Å². The lowest BCUT2D eigenvalue weighted by atomic mass is 10.0. The highest BCUT2D eigenvalue weighted by Gasteiger charge is 2.26. The number of hydrogen-bond donors (Lipinski definition) is 2. The van der Waals surface area contributed by atoms with E-state index in [0.29, 0.717) is 13.2 Å². The Morgan fingerprint density at radius 1 is 0.610 bits per heavy atom. The number of nitrogens with zero attached hydrogens (tertiary/aromatic N) is 1. The molecular formula is C32H47N3O4S2. The second-order valence-corrected chi connectivity index (χ2v) is 16.0. The Kier molecular flexibility index (Phi) is 8.69. The van der Waals surface area contributed by atoms with Crippen molar-refractivity contribution in [1.82, 2.24) is 4.57 Å². The molecule has 0 spiro atoms. The molecule has 0 atom stereocenters. The van der Waals surface area contributed by atoms with E-state index in [0.717, 1.165) is 60.5 Å². The van der Waals surface area contributed by atoms with Gasteiger partial charge in [0.15, 0.2) is 0 Å². The SMILES string of the molecule is CC(C)(C)OCCC(C)(C)Oc1cc(OC(C)(C)CCOC(C)(C)C)cc(-n2c3cc(N)sc3c3sc(N)cc32)c1. The van der Waals surface area contributed by atoms with Gasteiger partial charge in [-0.25, -0.2) is 0 Å². The molecule has 0 unspecified atom stereocenters. The first-order valence-corrected chi connectivity index (χ1v) is 15.8. The number of thiophene rings is 2. The quantitative estimate of drug-likeness (QED) is 0.178. The van der Waals surface area contributed by atoms with E-state index in [1.807, 2.05) is 18.2 Å². The number of benzene rings is 1. The summed E-state index contributed by atoms with van der Waals surface area (Å²) in [5, 5.41) is 1.53. The van der Waals surface area contributed by atoms with E-state index < -0.39 is 11.2 Å². The average Bonchev–Trinajstić information content (AvgIpc) is 3.39. The van der Waals surface area contributed by atoms with Crippen molar-refractivity contribution < 1.29 is 18.9 Å². The van der Waals surface area contributed by atoms with Crippen LogP contribution in [-0.4, -0.2) is 40.2 Å². The zero-order valence-corrected chi connectivity index (χ0v) is 27.9. The minimum atomic E-state index is -0.460. The van der Waals surface area contributed by atoms with Crippen LogP contribution in [0.2, 0.25) is 0 Å². The lowest BCUT2D eigenvalue weighted by Crippen LogP contribution is -2.32. The van der Waals surface area contributed by atoms with Crippen molar-refractivity contribution in [2.24, 2.45) is 0 Å². The van der Waals surface area contributed by atoms with Crippen LogP contribution in [0, 0.1) is 0 Å². The first kappa shape index (κ1) is 31.5. The molecule has 7 nitrogen and oxygen atoms in total. The second-order valence-electron chi connectivity index (χ2n) is 13.9. The monoisotopic (exact) mass is 601 g/mol. The van der Waals surface area contributed by atoms with E-state index in [2.05, 4.69) is 85.9 Å². The van der Waals surface area contributed by atoms with Crippen molar-refractivity contribution in [3.05, 3.63) is 30.3 Å². The lowest BCUT2D eigenvalue weighted by Gasteiger charge is -2.31. The highest BCUT2D eigenvalue weighted by molar-refractivity contribution is 7.30. The fourth-order valence-electron chi connectivity index (χ4n) is 4.62. The van der Waals surface area contributed by atoms with Crippen molar-refractivity contribution in [2.75, 3.05) is 24.7 Å². The van der Waals surface area contributed by atoms with Gasteiger partial charge in [0.05, 0.1) is 60.5 Å². The molecule has 0 saturated carbocycles. The third-order valence-corrected chi connectivity index (χ3v) is 8.61. The fraction of sp³-hybridized carbons (Fsp3) is 0.562. The summed E-state index contributed by atoms with van der Waals surface area (Å²) in [4.78, 5) is 0. The van der Waals surface area contributed by atoms with Gasteiger partial charge in [0.2, 0.25) is 0 Å². The van der Waals surface area contributed by atoms with Crippen LogP contribution < -0.4 is 20.9 Å². The molecule has 4 N–H and O–H groups in total. The molecule has 41 heavy (non-hydrogen) atoms. The number of aromatic nitrogens is 1. The average molecular weight is 602 g/mol. The molecular weight excluding hydrogens is 555 g/mol. The number of ether oxygens (including phenoxy) is 4. The molecule has 3 aromatic heterocycles. The molecule has 0 aliphatic heterocycles. The Hall–Kier alpha value is -2.46. The summed E-state index contributed by atoms with van der Waals surface area (Å²) >= 11 is 3.16. The topological polar surface area (TPSA) is 93.9 Å². The lowest BCUT2D eigenvalue weighted by molar-refractivity contribution is -0.0299. The molecule has 0 saturated heterocycles. The number of rotatable bonds is 11. The zero-order valence-electron chi connectivity index (χ0n) is 26.3. The van der Waals surface area contributed by atoms with E-state index in [1.165, 1.54) is 0 Å². The first-order chi connectivity index (χ1) is 18.8. The Morgan fingerprint density at radius 3 is 1.37 bits per heavy atom. The van der Waals surface area contributed by atoms with Crippen LogP contribution in [0.3, 0.4) is 0 Å². The van der Waals surface area contributed by atoms with Crippen LogP contribution in [0.5, 0.6) is 11.5 Å². The summed E-state index contributed by atoms with van der Waals surface area (Å²) in [6.07, 6.45) is 1.47. The van der Waals surface area contributed by atoms with Gasteiger partial charge in [-0.15, -0.1) is 22.7 Å². The largest absolute Gasteiger partial charge is 0.488 e. The summed E-state index contributed by atoms with van der Waals surface area (Å²) in [6.45, 7) is 21.9. The minimum absolute atomic E-state index is 0.199. The van der Waals surface area contributed by atoms with Gasteiger partial charge in [-0.05, 0) is 81.4 Å². The Balaban J connectivity index is 1.73.